The predicted molar refractivity (Wildman–Crippen MR) is 169 cm³/mol. The van der Waals surface area contributed by atoms with Crippen molar-refractivity contribution in [3.8, 4) is 0 Å². The first-order valence-corrected chi connectivity index (χ1v) is 16.0. The van der Waals surface area contributed by atoms with Gasteiger partial charge in [0, 0.05) is 31.2 Å². The third-order valence-corrected chi connectivity index (χ3v) is 11.0. The highest BCUT2D eigenvalue weighted by Crippen LogP contribution is 2.61. The van der Waals surface area contributed by atoms with Crippen LogP contribution in [0.3, 0.4) is 0 Å². The normalized spacial score (nSPS) is 32.3. The number of anilines is 1. The van der Waals surface area contributed by atoms with E-state index in [1.165, 1.54) is 12.0 Å². The van der Waals surface area contributed by atoms with Gasteiger partial charge in [-0.1, -0.05) is 51.1 Å². The summed E-state index contributed by atoms with van der Waals surface area (Å²) in [6.07, 6.45) is 4.74. The van der Waals surface area contributed by atoms with Crippen LogP contribution in [-0.4, -0.2) is 51.7 Å². The molecule has 7 nitrogen and oxygen atoms in total. The monoisotopic (exact) mass is 567 g/mol. The number of aromatic nitrogens is 2. The molecule has 2 unspecified atom stereocenters. The molecule has 42 heavy (non-hydrogen) atoms. The van der Waals surface area contributed by atoms with E-state index in [0.717, 1.165) is 73.7 Å². The summed E-state index contributed by atoms with van der Waals surface area (Å²) in [4.78, 5) is 26.6. The fourth-order valence-corrected chi connectivity index (χ4v) is 8.50. The molecule has 3 aromatic rings. The zero-order valence-electron chi connectivity index (χ0n) is 25.7. The van der Waals surface area contributed by atoms with Gasteiger partial charge in [-0.25, -0.2) is 9.98 Å². The maximum absolute atomic E-state index is 13.6. The van der Waals surface area contributed by atoms with Crippen LogP contribution in [-0.2, 0) is 11.3 Å². The van der Waals surface area contributed by atoms with E-state index in [9.17, 15) is 4.79 Å². The SMILES string of the molecule is C[C@@H]1CN(C(=NC2C[C@@H]3C[C@H]([C@@H]2C)C3(C)C)Nc2ccc3c(=O)n4c(nc3c2)C(c2ccccc2)CCC4)C[C@H](C)O1. The van der Waals surface area contributed by atoms with Crippen LogP contribution in [0.4, 0.5) is 5.69 Å². The summed E-state index contributed by atoms with van der Waals surface area (Å²) in [7, 11) is 0. The van der Waals surface area contributed by atoms with E-state index in [-0.39, 0.29) is 23.7 Å². The van der Waals surface area contributed by atoms with Crippen LogP contribution < -0.4 is 10.9 Å². The summed E-state index contributed by atoms with van der Waals surface area (Å²) >= 11 is 0. The van der Waals surface area contributed by atoms with Crippen molar-refractivity contribution in [1.82, 2.24) is 14.5 Å². The second-order valence-corrected chi connectivity index (χ2v) is 14.0. The minimum atomic E-state index is 0.0600. The smallest absolute Gasteiger partial charge is 0.261 e. The number of rotatable bonds is 3. The Morgan fingerprint density at radius 2 is 1.81 bits per heavy atom. The summed E-state index contributed by atoms with van der Waals surface area (Å²) in [6.45, 7) is 13.9. The number of ether oxygens (including phenoxy) is 1. The number of nitrogens with zero attached hydrogens (tertiary/aromatic N) is 4. The molecule has 2 aliphatic heterocycles. The number of benzene rings is 2. The third kappa shape index (κ3) is 4.74. The first-order valence-electron chi connectivity index (χ1n) is 16.0. The average Bonchev–Trinajstić information content (AvgIpc) is 2.97. The average molecular weight is 568 g/mol. The first-order chi connectivity index (χ1) is 20.2. The van der Waals surface area contributed by atoms with Crippen molar-refractivity contribution >= 4 is 22.5 Å². The minimum Gasteiger partial charge on any atom is -0.372 e. The summed E-state index contributed by atoms with van der Waals surface area (Å²) < 4.78 is 7.98. The van der Waals surface area contributed by atoms with Crippen LogP contribution in [0, 0.1) is 23.2 Å². The van der Waals surface area contributed by atoms with Gasteiger partial charge in [0.2, 0.25) is 0 Å². The largest absolute Gasteiger partial charge is 0.372 e. The number of nitrogens with one attached hydrogen (secondary N) is 1. The minimum absolute atomic E-state index is 0.0600. The molecule has 2 aromatic carbocycles. The van der Waals surface area contributed by atoms with Gasteiger partial charge in [-0.2, -0.15) is 0 Å². The van der Waals surface area contributed by atoms with Crippen LogP contribution in [0.25, 0.3) is 10.9 Å². The predicted octanol–water partition coefficient (Wildman–Crippen LogP) is 6.27. The Kier molecular flexibility index (Phi) is 6.92. The van der Waals surface area contributed by atoms with Crippen LogP contribution in [0.15, 0.2) is 58.3 Å². The van der Waals surface area contributed by atoms with Crippen LogP contribution >= 0.6 is 0 Å². The summed E-state index contributed by atoms with van der Waals surface area (Å²) in [6, 6.07) is 16.8. The van der Waals surface area contributed by atoms with E-state index < -0.39 is 0 Å². The van der Waals surface area contributed by atoms with Crippen molar-refractivity contribution < 1.29 is 4.74 Å². The Bertz CT molecular complexity index is 1550. The van der Waals surface area contributed by atoms with Gasteiger partial charge < -0.3 is 15.0 Å². The number of hydrogen-bond donors (Lipinski definition) is 1. The van der Waals surface area contributed by atoms with Crippen LogP contribution in [0.1, 0.15) is 77.6 Å². The molecular formula is C35H45N5O2. The molecule has 3 heterocycles. The van der Waals surface area contributed by atoms with E-state index in [1.807, 2.05) is 28.8 Å². The van der Waals surface area contributed by atoms with Crippen molar-refractivity contribution in [3.63, 3.8) is 0 Å². The molecule has 0 radical (unpaired) electrons. The van der Waals surface area contributed by atoms with Gasteiger partial charge >= 0.3 is 0 Å². The van der Waals surface area contributed by atoms with Gasteiger partial charge in [0.1, 0.15) is 5.82 Å². The maximum atomic E-state index is 13.6. The lowest BCUT2D eigenvalue weighted by atomic mass is 9.45. The second-order valence-electron chi connectivity index (χ2n) is 14.0. The zero-order valence-corrected chi connectivity index (χ0v) is 25.7. The van der Waals surface area contributed by atoms with E-state index in [1.54, 1.807) is 0 Å². The molecule has 4 fully saturated rings. The summed E-state index contributed by atoms with van der Waals surface area (Å²) in [5.74, 6) is 3.96. The highest BCUT2D eigenvalue weighted by Gasteiger charge is 2.56. The Labute approximate surface area is 249 Å². The number of morpholine rings is 1. The lowest BCUT2D eigenvalue weighted by molar-refractivity contribution is -0.108. The van der Waals surface area contributed by atoms with Gasteiger partial charge in [0.05, 0.1) is 29.2 Å². The zero-order chi connectivity index (χ0) is 29.2. The Morgan fingerprint density at radius 1 is 1.05 bits per heavy atom. The molecule has 5 aliphatic rings. The molecule has 222 valence electrons. The molecule has 3 saturated carbocycles. The Balaban J connectivity index is 1.24. The Hall–Kier alpha value is -3.19. The van der Waals surface area contributed by atoms with Gasteiger partial charge in [-0.3, -0.25) is 9.36 Å². The maximum Gasteiger partial charge on any atom is 0.261 e. The van der Waals surface area contributed by atoms with Crippen molar-refractivity contribution in [2.75, 3.05) is 18.4 Å². The molecule has 1 N–H and O–H groups in total. The van der Waals surface area contributed by atoms with E-state index in [4.69, 9.17) is 14.7 Å². The molecule has 8 rings (SSSR count). The quantitative estimate of drug-likeness (QED) is 0.298. The van der Waals surface area contributed by atoms with E-state index in [2.05, 4.69) is 69.1 Å². The number of hydrogen-bond acceptors (Lipinski definition) is 4. The molecule has 2 bridgehead atoms. The molecule has 7 atom stereocenters. The van der Waals surface area contributed by atoms with E-state index in [0.29, 0.717) is 22.8 Å². The lowest BCUT2D eigenvalue weighted by Gasteiger charge is -2.61. The highest BCUT2D eigenvalue weighted by molar-refractivity contribution is 5.96. The highest BCUT2D eigenvalue weighted by atomic mass is 16.5. The Morgan fingerprint density at radius 3 is 2.52 bits per heavy atom. The van der Waals surface area contributed by atoms with E-state index >= 15 is 0 Å². The van der Waals surface area contributed by atoms with Crippen LogP contribution in [0.2, 0.25) is 0 Å². The molecule has 3 aliphatic carbocycles. The number of aliphatic imine (C=N–C) groups is 1. The molecule has 7 heteroatoms. The molecule has 0 spiro atoms. The molecule has 1 saturated heterocycles. The fourth-order valence-electron chi connectivity index (χ4n) is 8.50. The number of guanidine groups is 1. The fraction of sp³-hybridized carbons (Fsp3) is 0.571. The summed E-state index contributed by atoms with van der Waals surface area (Å²) in [5, 5.41) is 4.39. The van der Waals surface area contributed by atoms with Crippen molar-refractivity contribution in [3.05, 3.63) is 70.3 Å². The molecule has 0 amide bonds. The van der Waals surface area contributed by atoms with Gasteiger partial charge in [-0.15, -0.1) is 0 Å². The second kappa shape index (κ2) is 10.5. The topological polar surface area (TPSA) is 71.8 Å². The van der Waals surface area contributed by atoms with Gasteiger partial charge in [0.25, 0.3) is 5.56 Å². The lowest BCUT2D eigenvalue weighted by Crippen LogP contribution is -2.57. The summed E-state index contributed by atoms with van der Waals surface area (Å²) in [5.41, 5.74) is 3.38. The van der Waals surface area contributed by atoms with Crippen LogP contribution in [0.5, 0.6) is 0 Å². The first kappa shape index (κ1) is 27.6. The van der Waals surface area contributed by atoms with Crippen molar-refractivity contribution in [2.24, 2.45) is 28.2 Å². The third-order valence-electron chi connectivity index (χ3n) is 11.0. The van der Waals surface area contributed by atoms with Gasteiger partial charge in [-0.05, 0) is 86.5 Å². The molecular weight excluding hydrogens is 522 g/mol. The standard InChI is InChI=1S/C35H45N5O2/c1-21-19-39(20-22(2)42-21)34(38-30-17-25-16-29(23(30)3)35(25,4)5)36-26-13-14-28-31(18-26)37-32-27(24-10-7-6-8-11-24)12-9-15-40(32)33(28)41/h6-8,10-11,13-14,18,21-23,25,27,29-30H,9,12,15-17,19-20H2,1-5H3,(H,36,38)/t21-,22+,23-,25-,27?,29+,30?/m0/s1. The van der Waals surface area contributed by atoms with Gasteiger partial charge in [0.15, 0.2) is 5.96 Å². The van der Waals surface area contributed by atoms with Crippen molar-refractivity contribution in [1.29, 1.82) is 0 Å². The molecule has 1 aromatic heterocycles. The van der Waals surface area contributed by atoms with Crippen molar-refractivity contribution in [2.45, 2.75) is 91.0 Å². The number of fused-ring (bicyclic) bond motifs is 4.